The van der Waals surface area contributed by atoms with E-state index in [1.807, 2.05) is 0 Å². The molecule has 0 saturated carbocycles. The van der Waals surface area contributed by atoms with E-state index in [9.17, 15) is 0 Å². The summed E-state index contributed by atoms with van der Waals surface area (Å²) < 4.78 is 0. The van der Waals surface area contributed by atoms with E-state index < -0.39 is 0 Å². The van der Waals surface area contributed by atoms with Crippen molar-refractivity contribution < 1.29 is 0 Å². The first-order valence-electron chi connectivity index (χ1n) is 4.42. The molecule has 0 saturated heterocycles. The highest BCUT2D eigenvalue weighted by atomic mass is 35.5. The van der Waals surface area contributed by atoms with Crippen molar-refractivity contribution in [3.63, 3.8) is 0 Å². The number of rotatable bonds is 1. The normalized spacial score (nSPS) is 11.5. The fourth-order valence-electron chi connectivity index (χ4n) is 1.62. The van der Waals surface area contributed by atoms with Crippen LogP contribution in [0, 0.1) is 0 Å². The third-order valence-corrected chi connectivity index (χ3v) is 3.06. The molecule has 14 heavy (non-hydrogen) atoms. The Bertz CT molecular complexity index is 474. The zero-order valence-electron chi connectivity index (χ0n) is 7.94. The number of benzene rings is 1. The molecule has 2 nitrogen and oxygen atoms in total. The molecule has 0 radical (unpaired) electrons. The molecule has 0 spiro atoms. The molecule has 0 bridgehead atoms. The first kappa shape index (κ1) is 9.81. The molecule has 2 aromatic rings. The van der Waals surface area contributed by atoms with Crippen LogP contribution in [0.2, 0.25) is 10.0 Å². The standard InChI is InChI=1S/C10H10Cl2N2/c1-5(2)9-6-4-13-14-8(6)3-7(11)10(9)12/h3-5H,1-2H3,(H,13,14). The lowest BCUT2D eigenvalue weighted by Crippen LogP contribution is -1.90. The van der Waals surface area contributed by atoms with Gasteiger partial charge in [0.15, 0.2) is 0 Å². The van der Waals surface area contributed by atoms with Gasteiger partial charge in [-0.1, -0.05) is 37.0 Å². The van der Waals surface area contributed by atoms with Gasteiger partial charge >= 0.3 is 0 Å². The maximum absolute atomic E-state index is 6.15. The van der Waals surface area contributed by atoms with Crippen LogP contribution >= 0.6 is 23.2 Å². The van der Waals surface area contributed by atoms with Gasteiger partial charge in [-0.3, -0.25) is 5.10 Å². The Morgan fingerprint density at radius 1 is 1.36 bits per heavy atom. The SMILES string of the molecule is CC(C)c1c(Cl)c(Cl)cc2[nH]ncc12. The van der Waals surface area contributed by atoms with Gasteiger partial charge in [0.2, 0.25) is 0 Å². The number of aromatic nitrogens is 2. The second-order valence-corrected chi connectivity index (χ2v) is 4.36. The van der Waals surface area contributed by atoms with E-state index in [1.165, 1.54) is 0 Å². The van der Waals surface area contributed by atoms with Gasteiger partial charge in [-0.2, -0.15) is 5.10 Å². The predicted molar refractivity (Wildman–Crippen MR) is 60.2 cm³/mol. The van der Waals surface area contributed by atoms with E-state index in [-0.39, 0.29) is 0 Å². The number of H-pyrrole nitrogens is 1. The zero-order valence-corrected chi connectivity index (χ0v) is 9.45. The molecule has 1 N–H and O–H groups in total. The molecule has 2 rings (SSSR count). The Morgan fingerprint density at radius 3 is 2.71 bits per heavy atom. The van der Waals surface area contributed by atoms with E-state index in [1.54, 1.807) is 12.3 Å². The van der Waals surface area contributed by atoms with E-state index in [4.69, 9.17) is 23.2 Å². The molecular weight excluding hydrogens is 219 g/mol. The van der Waals surface area contributed by atoms with Crippen LogP contribution in [0.25, 0.3) is 10.9 Å². The smallest absolute Gasteiger partial charge is 0.0669 e. The molecule has 1 heterocycles. The molecule has 0 amide bonds. The summed E-state index contributed by atoms with van der Waals surface area (Å²) in [4.78, 5) is 0. The average Bonchev–Trinajstić information content (AvgIpc) is 2.52. The van der Waals surface area contributed by atoms with E-state index >= 15 is 0 Å². The summed E-state index contributed by atoms with van der Waals surface area (Å²) in [5.41, 5.74) is 1.99. The molecule has 0 fully saturated rings. The van der Waals surface area contributed by atoms with Crippen molar-refractivity contribution >= 4 is 34.1 Å². The molecule has 0 atom stereocenters. The summed E-state index contributed by atoms with van der Waals surface area (Å²) >= 11 is 12.2. The second kappa shape index (κ2) is 3.44. The Kier molecular flexibility index (Phi) is 2.41. The molecule has 0 aliphatic heterocycles. The van der Waals surface area contributed by atoms with Crippen LogP contribution in [0.15, 0.2) is 12.3 Å². The highest BCUT2D eigenvalue weighted by molar-refractivity contribution is 6.43. The molecule has 0 aliphatic rings. The third-order valence-electron chi connectivity index (χ3n) is 2.25. The number of hydrogen-bond acceptors (Lipinski definition) is 1. The average molecular weight is 229 g/mol. The van der Waals surface area contributed by atoms with Gasteiger partial charge < -0.3 is 0 Å². The van der Waals surface area contributed by atoms with Crippen LogP contribution in [-0.4, -0.2) is 10.2 Å². The highest BCUT2D eigenvalue weighted by Gasteiger charge is 2.14. The van der Waals surface area contributed by atoms with E-state index in [2.05, 4.69) is 24.0 Å². The fourth-order valence-corrected chi connectivity index (χ4v) is 2.21. The number of hydrogen-bond donors (Lipinski definition) is 1. The molecule has 0 unspecified atom stereocenters. The first-order chi connectivity index (χ1) is 6.61. The van der Waals surface area contributed by atoms with Crippen LogP contribution in [0.3, 0.4) is 0 Å². The van der Waals surface area contributed by atoms with Crippen LogP contribution in [-0.2, 0) is 0 Å². The topological polar surface area (TPSA) is 28.7 Å². The number of aromatic amines is 1. The van der Waals surface area contributed by atoms with E-state index in [0.29, 0.717) is 16.0 Å². The van der Waals surface area contributed by atoms with Gasteiger partial charge in [0.05, 0.1) is 21.8 Å². The van der Waals surface area contributed by atoms with Crippen molar-refractivity contribution in [3.05, 3.63) is 27.9 Å². The molecule has 1 aromatic carbocycles. The Hall–Kier alpha value is -0.730. The van der Waals surface area contributed by atoms with Crippen LogP contribution < -0.4 is 0 Å². The first-order valence-corrected chi connectivity index (χ1v) is 5.18. The molecule has 4 heteroatoms. The second-order valence-electron chi connectivity index (χ2n) is 3.57. The number of nitrogens with zero attached hydrogens (tertiary/aromatic N) is 1. The molecule has 0 aliphatic carbocycles. The quantitative estimate of drug-likeness (QED) is 0.786. The fraction of sp³-hybridized carbons (Fsp3) is 0.300. The zero-order chi connectivity index (χ0) is 10.3. The van der Waals surface area contributed by atoms with Gasteiger partial charge in [-0.25, -0.2) is 0 Å². The molecule has 1 aromatic heterocycles. The maximum Gasteiger partial charge on any atom is 0.0669 e. The lowest BCUT2D eigenvalue weighted by atomic mass is 9.99. The van der Waals surface area contributed by atoms with Gasteiger partial charge in [0.25, 0.3) is 0 Å². The summed E-state index contributed by atoms with van der Waals surface area (Å²) in [6.07, 6.45) is 1.78. The predicted octanol–water partition coefficient (Wildman–Crippen LogP) is 3.99. The summed E-state index contributed by atoms with van der Waals surface area (Å²) in [7, 11) is 0. The minimum atomic E-state index is 0.335. The molecular formula is C10H10Cl2N2. The Morgan fingerprint density at radius 2 is 2.07 bits per heavy atom. The summed E-state index contributed by atoms with van der Waals surface area (Å²) in [6.45, 7) is 4.17. The largest absolute Gasteiger partial charge is 0.278 e. The van der Waals surface area contributed by atoms with Gasteiger partial charge in [0, 0.05) is 5.39 Å². The Balaban J connectivity index is 2.86. The Labute approximate surface area is 92.2 Å². The third kappa shape index (κ3) is 1.39. The minimum absolute atomic E-state index is 0.335. The van der Waals surface area contributed by atoms with Gasteiger partial charge in [-0.05, 0) is 17.5 Å². The monoisotopic (exact) mass is 228 g/mol. The van der Waals surface area contributed by atoms with Crippen molar-refractivity contribution in [1.29, 1.82) is 0 Å². The number of nitrogens with one attached hydrogen (secondary N) is 1. The van der Waals surface area contributed by atoms with Crippen molar-refractivity contribution in [3.8, 4) is 0 Å². The van der Waals surface area contributed by atoms with Crippen molar-refractivity contribution in [1.82, 2.24) is 10.2 Å². The molecule has 74 valence electrons. The van der Waals surface area contributed by atoms with Crippen molar-refractivity contribution in [2.45, 2.75) is 19.8 Å². The lowest BCUT2D eigenvalue weighted by Gasteiger charge is -2.10. The number of halogens is 2. The highest BCUT2D eigenvalue weighted by Crippen LogP contribution is 2.36. The van der Waals surface area contributed by atoms with Gasteiger partial charge in [-0.15, -0.1) is 0 Å². The van der Waals surface area contributed by atoms with Gasteiger partial charge in [0.1, 0.15) is 0 Å². The van der Waals surface area contributed by atoms with Crippen molar-refractivity contribution in [2.24, 2.45) is 0 Å². The summed E-state index contributed by atoms with van der Waals surface area (Å²) in [5, 5.41) is 9.14. The lowest BCUT2D eigenvalue weighted by molar-refractivity contribution is 0.877. The van der Waals surface area contributed by atoms with E-state index in [0.717, 1.165) is 16.5 Å². The maximum atomic E-state index is 6.15. The summed E-state index contributed by atoms with van der Waals surface area (Å²) in [5.74, 6) is 0.335. The summed E-state index contributed by atoms with van der Waals surface area (Å²) in [6, 6.07) is 1.80. The van der Waals surface area contributed by atoms with Crippen molar-refractivity contribution in [2.75, 3.05) is 0 Å². The van der Waals surface area contributed by atoms with Crippen LogP contribution in [0.1, 0.15) is 25.3 Å². The van der Waals surface area contributed by atoms with Crippen LogP contribution in [0.5, 0.6) is 0 Å². The minimum Gasteiger partial charge on any atom is -0.278 e. The number of fused-ring (bicyclic) bond motifs is 1. The van der Waals surface area contributed by atoms with Crippen LogP contribution in [0.4, 0.5) is 0 Å².